The predicted octanol–water partition coefficient (Wildman–Crippen LogP) is 2.37. The van der Waals surface area contributed by atoms with Gasteiger partial charge in [0.2, 0.25) is 0 Å². The molecule has 1 aromatic carbocycles. The minimum Gasteiger partial charge on any atom is -0.463 e. The first-order valence-corrected chi connectivity index (χ1v) is 9.24. The molecule has 0 fully saturated rings. The van der Waals surface area contributed by atoms with Crippen LogP contribution in [0.1, 0.15) is 39.4 Å². The maximum atomic E-state index is 13.1. The molecule has 0 atom stereocenters. The number of rotatable bonds is 6. The van der Waals surface area contributed by atoms with Crippen molar-refractivity contribution >= 4 is 35.1 Å². The van der Waals surface area contributed by atoms with Crippen LogP contribution in [0, 0.1) is 0 Å². The molecule has 0 saturated carbocycles. The standard InChI is InChI=1S/C19H17NO6S/c1-3-25-17(23)19(18(24)26-4-2,14-10-7-11-27-14)20-15(21)12-8-5-6-9-13(12)16(20)22/h5-11H,3-4H2,1-2H3. The van der Waals surface area contributed by atoms with Crippen LogP contribution in [-0.4, -0.2) is 41.9 Å². The molecule has 2 aromatic rings. The van der Waals surface area contributed by atoms with Crippen LogP contribution in [0.4, 0.5) is 0 Å². The number of ether oxygens (including phenoxy) is 2. The lowest BCUT2D eigenvalue weighted by Gasteiger charge is -2.34. The molecule has 2 amide bonds. The van der Waals surface area contributed by atoms with Gasteiger partial charge in [0, 0.05) is 0 Å². The van der Waals surface area contributed by atoms with Gasteiger partial charge in [0.05, 0.1) is 29.2 Å². The molecule has 0 unspecified atom stereocenters. The molecular weight excluding hydrogens is 370 g/mol. The van der Waals surface area contributed by atoms with Crippen LogP contribution in [-0.2, 0) is 24.6 Å². The maximum absolute atomic E-state index is 13.1. The number of thiophene rings is 1. The Hall–Kier alpha value is -3.00. The van der Waals surface area contributed by atoms with E-state index in [-0.39, 0.29) is 29.2 Å². The highest BCUT2D eigenvalue weighted by Gasteiger charge is 2.63. The average Bonchev–Trinajstić information content (AvgIpc) is 3.27. The zero-order chi connectivity index (χ0) is 19.6. The van der Waals surface area contributed by atoms with Crippen LogP contribution in [0.15, 0.2) is 41.8 Å². The quantitative estimate of drug-likeness (QED) is 0.429. The van der Waals surface area contributed by atoms with Gasteiger partial charge in [0.15, 0.2) is 0 Å². The first kappa shape index (κ1) is 18.8. The number of amides is 2. The Morgan fingerprint density at radius 3 is 1.85 bits per heavy atom. The number of benzene rings is 1. The van der Waals surface area contributed by atoms with Gasteiger partial charge >= 0.3 is 11.9 Å². The summed E-state index contributed by atoms with van der Waals surface area (Å²) in [5.74, 6) is -3.55. The number of carbonyl (C=O) groups excluding carboxylic acids is 4. The molecule has 1 aliphatic heterocycles. The van der Waals surface area contributed by atoms with Gasteiger partial charge in [-0.15, -0.1) is 11.3 Å². The zero-order valence-electron chi connectivity index (χ0n) is 14.8. The second-order valence-corrected chi connectivity index (χ2v) is 6.57. The molecule has 27 heavy (non-hydrogen) atoms. The lowest BCUT2D eigenvalue weighted by Crippen LogP contribution is -2.60. The lowest BCUT2D eigenvalue weighted by atomic mass is 9.94. The fourth-order valence-electron chi connectivity index (χ4n) is 3.03. The number of esters is 2. The number of carbonyl (C=O) groups is 4. The van der Waals surface area contributed by atoms with E-state index in [0.717, 1.165) is 11.3 Å². The van der Waals surface area contributed by atoms with Gasteiger partial charge < -0.3 is 9.47 Å². The maximum Gasteiger partial charge on any atom is 0.350 e. The highest BCUT2D eigenvalue weighted by molar-refractivity contribution is 7.10. The molecule has 140 valence electrons. The van der Waals surface area contributed by atoms with Crippen molar-refractivity contribution in [1.29, 1.82) is 0 Å². The van der Waals surface area contributed by atoms with E-state index in [1.54, 1.807) is 37.4 Å². The number of hydrogen-bond acceptors (Lipinski definition) is 7. The monoisotopic (exact) mass is 387 g/mol. The van der Waals surface area contributed by atoms with Crippen molar-refractivity contribution < 1.29 is 28.7 Å². The second kappa shape index (κ2) is 7.32. The van der Waals surface area contributed by atoms with Crippen molar-refractivity contribution in [2.75, 3.05) is 13.2 Å². The predicted molar refractivity (Wildman–Crippen MR) is 96.2 cm³/mol. The van der Waals surface area contributed by atoms with Crippen molar-refractivity contribution in [3.8, 4) is 0 Å². The third-order valence-electron chi connectivity index (χ3n) is 4.15. The summed E-state index contributed by atoms with van der Waals surface area (Å²) in [6.45, 7) is 3.08. The first-order chi connectivity index (χ1) is 13.0. The molecule has 8 heteroatoms. The Balaban J connectivity index is 2.27. The Morgan fingerprint density at radius 2 is 1.44 bits per heavy atom. The minimum atomic E-state index is -2.33. The summed E-state index contributed by atoms with van der Waals surface area (Å²) in [5.41, 5.74) is -2.08. The number of fused-ring (bicyclic) bond motifs is 1. The number of imide groups is 1. The minimum absolute atomic E-state index is 0.0332. The summed E-state index contributed by atoms with van der Waals surface area (Å²) >= 11 is 1.06. The van der Waals surface area contributed by atoms with E-state index < -0.39 is 29.3 Å². The fourth-order valence-corrected chi connectivity index (χ4v) is 3.92. The molecule has 3 rings (SSSR count). The van der Waals surface area contributed by atoms with Crippen LogP contribution >= 0.6 is 11.3 Å². The Morgan fingerprint density at radius 1 is 0.926 bits per heavy atom. The molecule has 1 aliphatic rings. The molecule has 0 spiro atoms. The van der Waals surface area contributed by atoms with Gasteiger partial charge in [-0.1, -0.05) is 18.2 Å². The topological polar surface area (TPSA) is 90.0 Å². The number of nitrogens with zero attached hydrogens (tertiary/aromatic N) is 1. The molecule has 2 heterocycles. The summed E-state index contributed by atoms with van der Waals surface area (Å²) in [6, 6.07) is 9.29. The van der Waals surface area contributed by atoms with Crippen LogP contribution in [0.2, 0.25) is 0 Å². The first-order valence-electron chi connectivity index (χ1n) is 8.36. The van der Waals surface area contributed by atoms with E-state index in [1.165, 1.54) is 18.2 Å². The SMILES string of the molecule is CCOC(=O)C(C(=O)OCC)(c1cccs1)N1C(=O)c2ccccc2C1=O. The van der Waals surface area contributed by atoms with Crippen LogP contribution < -0.4 is 0 Å². The van der Waals surface area contributed by atoms with Gasteiger partial charge in [-0.25, -0.2) is 14.5 Å². The van der Waals surface area contributed by atoms with Crippen LogP contribution in [0.3, 0.4) is 0 Å². The third kappa shape index (κ3) is 2.73. The molecular formula is C19H17NO6S. The molecule has 0 aliphatic carbocycles. The molecule has 0 radical (unpaired) electrons. The van der Waals surface area contributed by atoms with E-state index in [4.69, 9.17) is 9.47 Å². The summed E-state index contributed by atoms with van der Waals surface area (Å²) < 4.78 is 10.3. The average molecular weight is 387 g/mol. The van der Waals surface area contributed by atoms with Crippen LogP contribution in [0.5, 0.6) is 0 Å². The molecule has 1 aromatic heterocycles. The summed E-state index contributed by atoms with van der Waals surface area (Å²) in [5, 5.41) is 1.64. The van der Waals surface area contributed by atoms with Gasteiger partial charge in [-0.3, -0.25) is 9.59 Å². The van der Waals surface area contributed by atoms with E-state index in [1.807, 2.05) is 0 Å². The van der Waals surface area contributed by atoms with E-state index in [0.29, 0.717) is 4.90 Å². The van der Waals surface area contributed by atoms with Gasteiger partial charge in [-0.2, -0.15) is 0 Å². The molecule has 0 bridgehead atoms. The van der Waals surface area contributed by atoms with Crippen molar-refractivity contribution in [3.05, 3.63) is 57.8 Å². The normalized spacial score (nSPS) is 13.5. The Kier molecular flexibility index (Phi) is 5.09. The molecule has 0 saturated heterocycles. The number of hydrogen-bond donors (Lipinski definition) is 0. The third-order valence-corrected chi connectivity index (χ3v) is 5.13. The highest BCUT2D eigenvalue weighted by atomic mass is 32.1. The molecule has 0 N–H and O–H groups in total. The summed E-state index contributed by atoms with van der Waals surface area (Å²) in [6.07, 6.45) is 0. The second-order valence-electron chi connectivity index (χ2n) is 5.62. The summed E-state index contributed by atoms with van der Waals surface area (Å²) in [4.78, 5) is 53.1. The lowest BCUT2D eigenvalue weighted by molar-refractivity contribution is -0.171. The van der Waals surface area contributed by atoms with Gasteiger partial charge in [-0.05, 0) is 37.4 Å². The van der Waals surface area contributed by atoms with Crippen molar-refractivity contribution in [2.24, 2.45) is 0 Å². The van der Waals surface area contributed by atoms with Gasteiger partial charge in [0.25, 0.3) is 17.4 Å². The Bertz CT molecular complexity index is 852. The van der Waals surface area contributed by atoms with Crippen molar-refractivity contribution in [3.63, 3.8) is 0 Å². The Labute approximate surface area is 159 Å². The van der Waals surface area contributed by atoms with Crippen molar-refractivity contribution in [2.45, 2.75) is 19.4 Å². The summed E-state index contributed by atoms with van der Waals surface area (Å²) in [7, 11) is 0. The van der Waals surface area contributed by atoms with E-state index >= 15 is 0 Å². The largest absolute Gasteiger partial charge is 0.463 e. The van der Waals surface area contributed by atoms with E-state index in [2.05, 4.69) is 0 Å². The fraction of sp³-hybridized carbons (Fsp3) is 0.263. The molecule has 7 nitrogen and oxygen atoms in total. The van der Waals surface area contributed by atoms with Crippen LogP contribution in [0.25, 0.3) is 0 Å². The smallest absolute Gasteiger partial charge is 0.350 e. The van der Waals surface area contributed by atoms with Gasteiger partial charge in [0.1, 0.15) is 0 Å². The van der Waals surface area contributed by atoms with Crippen molar-refractivity contribution in [1.82, 2.24) is 4.90 Å². The zero-order valence-corrected chi connectivity index (χ0v) is 15.6. The van der Waals surface area contributed by atoms with E-state index in [9.17, 15) is 19.2 Å². The highest BCUT2D eigenvalue weighted by Crippen LogP contribution is 2.40.